The SMILES string of the molecule is O=C(NCC#Cc1cncc(Br)c1)OCC1c2ccccc2-c2ccccc21. The van der Waals surface area contributed by atoms with E-state index < -0.39 is 6.09 Å². The molecule has 0 atom stereocenters. The van der Waals surface area contributed by atoms with Crippen LogP contribution in [0.15, 0.2) is 71.5 Å². The number of hydrogen-bond donors (Lipinski definition) is 1. The Morgan fingerprint density at radius 3 is 2.43 bits per heavy atom. The minimum absolute atomic E-state index is 0.0528. The average molecular weight is 433 g/mol. The van der Waals surface area contributed by atoms with Crippen LogP contribution in [0.1, 0.15) is 22.6 Å². The first-order chi connectivity index (χ1) is 13.7. The van der Waals surface area contributed by atoms with E-state index in [1.165, 1.54) is 22.3 Å². The minimum Gasteiger partial charge on any atom is -0.449 e. The Kier molecular flexibility index (Phi) is 5.41. The van der Waals surface area contributed by atoms with Crippen molar-refractivity contribution in [3.8, 4) is 23.0 Å². The number of nitrogens with one attached hydrogen (secondary N) is 1. The van der Waals surface area contributed by atoms with Gasteiger partial charge in [0, 0.05) is 28.3 Å². The number of nitrogens with zero attached hydrogens (tertiary/aromatic N) is 1. The smallest absolute Gasteiger partial charge is 0.407 e. The Hall–Kier alpha value is -3.10. The molecule has 0 saturated heterocycles. The third kappa shape index (κ3) is 3.92. The topological polar surface area (TPSA) is 51.2 Å². The van der Waals surface area contributed by atoms with Gasteiger partial charge >= 0.3 is 6.09 Å². The monoisotopic (exact) mass is 432 g/mol. The molecule has 0 unspecified atom stereocenters. The van der Waals surface area contributed by atoms with Crippen molar-refractivity contribution >= 4 is 22.0 Å². The highest BCUT2D eigenvalue weighted by Crippen LogP contribution is 2.44. The predicted octanol–water partition coefficient (Wildman–Crippen LogP) is 4.73. The van der Waals surface area contributed by atoms with Crippen LogP contribution in [0.2, 0.25) is 0 Å². The van der Waals surface area contributed by atoms with E-state index in [1.54, 1.807) is 12.4 Å². The van der Waals surface area contributed by atoms with Crippen molar-refractivity contribution in [2.24, 2.45) is 0 Å². The number of carbonyl (C=O) groups excluding carboxylic acids is 1. The molecule has 1 aliphatic carbocycles. The first-order valence-corrected chi connectivity index (χ1v) is 9.70. The van der Waals surface area contributed by atoms with Gasteiger partial charge in [0.2, 0.25) is 0 Å². The number of aromatic nitrogens is 1. The van der Waals surface area contributed by atoms with Gasteiger partial charge in [-0.15, -0.1) is 0 Å². The third-order valence-corrected chi connectivity index (χ3v) is 5.04. The highest BCUT2D eigenvalue weighted by molar-refractivity contribution is 9.10. The number of halogens is 1. The summed E-state index contributed by atoms with van der Waals surface area (Å²) in [6.45, 7) is 0.506. The molecular formula is C23H17BrN2O2. The summed E-state index contributed by atoms with van der Waals surface area (Å²) in [5, 5.41) is 2.67. The van der Waals surface area contributed by atoms with Crippen molar-refractivity contribution in [3.63, 3.8) is 0 Å². The second kappa shape index (κ2) is 8.28. The molecule has 1 N–H and O–H groups in total. The first-order valence-electron chi connectivity index (χ1n) is 8.90. The fourth-order valence-electron chi connectivity index (χ4n) is 3.39. The summed E-state index contributed by atoms with van der Waals surface area (Å²) in [7, 11) is 0. The number of carbonyl (C=O) groups is 1. The summed E-state index contributed by atoms with van der Waals surface area (Å²) in [4.78, 5) is 16.1. The van der Waals surface area contributed by atoms with Crippen molar-refractivity contribution in [1.82, 2.24) is 10.3 Å². The Labute approximate surface area is 172 Å². The summed E-state index contributed by atoms with van der Waals surface area (Å²) >= 11 is 3.35. The van der Waals surface area contributed by atoms with Gasteiger partial charge in [0.15, 0.2) is 0 Å². The summed E-state index contributed by atoms with van der Waals surface area (Å²) in [5.74, 6) is 5.90. The normalized spacial score (nSPS) is 11.8. The first kappa shape index (κ1) is 18.3. The summed E-state index contributed by atoms with van der Waals surface area (Å²) in [5.41, 5.74) is 5.59. The van der Waals surface area contributed by atoms with Crippen LogP contribution >= 0.6 is 15.9 Å². The molecule has 1 amide bonds. The van der Waals surface area contributed by atoms with Crippen LogP contribution in [0.4, 0.5) is 4.79 Å². The van der Waals surface area contributed by atoms with Gasteiger partial charge in [-0.2, -0.15) is 0 Å². The zero-order valence-electron chi connectivity index (χ0n) is 15.0. The number of alkyl carbamates (subject to hydrolysis) is 1. The van der Waals surface area contributed by atoms with Crippen molar-refractivity contribution < 1.29 is 9.53 Å². The second-order valence-corrected chi connectivity index (χ2v) is 7.29. The largest absolute Gasteiger partial charge is 0.449 e. The fourth-order valence-corrected chi connectivity index (χ4v) is 3.76. The zero-order chi connectivity index (χ0) is 19.3. The summed E-state index contributed by atoms with van der Waals surface area (Å²) in [6.07, 6.45) is 2.90. The second-order valence-electron chi connectivity index (χ2n) is 6.37. The van der Waals surface area contributed by atoms with E-state index in [-0.39, 0.29) is 12.5 Å². The van der Waals surface area contributed by atoms with E-state index in [2.05, 4.69) is 62.3 Å². The average Bonchev–Trinajstić information content (AvgIpc) is 3.04. The number of ether oxygens (including phenoxy) is 1. The quantitative estimate of drug-likeness (QED) is 0.608. The van der Waals surface area contributed by atoms with Gasteiger partial charge in [-0.3, -0.25) is 4.98 Å². The molecule has 0 bridgehead atoms. The molecular weight excluding hydrogens is 416 g/mol. The molecule has 1 aromatic heterocycles. The maximum absolute atomic E-state index is 12.1. The van der Waals surface area contributed by atoms with Gasteiger partial charge in [0.25, 0.3) is 0 Å². The molecule has 0 radical (unpaired) electrons. The Balaban J connectivity index is 1.35. The molecule has 0 fully saturated rings. The third-order valence-electron chi connectivity index (χ3n) is 4.60. The molecule has 1 heterocycles. The number of hydrogen-bond acceptors (Lipinski definition) is 3. The molecule has 138 valence electrons. The van der Waals surface area contributed by atoms with Gasteiger partial charge in [-0.1, -0.05) is 60.4 Å². The minimum atomic E-state index is -0.469. The lowest BCUT2D eigenvalue weighted by atomic mass is 9.98. The van der Waals surface area contributed by atoms with Crippen molar-refractivity contribution in [2.75, 3.05) is 13.2 Å². The van der Waals surface area contributed by atoms with E-state index in [0.717, 1.165) is 10.0 Å². The fraction of sp³-hybridized carbons (Fsp3) is 0.130. The number of amides is 1. The molecule has 5 heteroatoms. The van der Waals surface area contributed by atoms with Crippen LogP contribution in [0, 0.1) is 11.8 Å². The van der Waals surface area contributed by atoms with Crippen molar-refractivity contribution in [1.29, 1.82) is 0 Å². The lowest BCUT2D eigenvalue weighted by Gasteiger charge is -2.14. The van der Waals surface area contributed by atoms with E-state index in [1.807, 2.05) is 30.3 Å². The molecule has 1 aliphatic rings. The number of fused-ring (bicyclic) bond motifs is 3. The summed E-state index contributed by atoms with van der Waals surface area (Å²) in [6, 6.07) is 18.4. The van der Waals surface area contributed by atoms with Gasteiger partial charge < -0.3 is 10.1 Å². The Morgan fingerprint density at radius 1 is 1.07 bits per heavy atom. The lowest BCUT2D eigenvalue weighted by Crippen LogP contribution is -2.26. The number of pyridine rings is 1. The van der Waals surface area contributed by atoms with E-state index >= 15 is 0 Å². The van der Waals surface area contributed by atoms with E-state index in [0.29, 0.717) is 6.61 Å². The molecule has 28 heavy (non-hydrogen) atoms. The maximum atomic E-state index is 12.1. The molecule has 3 aromatic rings. The Morgan fingerprint density at radius 2 is 1.75 bits per heavy atom. The molecule has 2 aromatic carbocycles. The highest BCUT2D eigenvalue weighted by Gasteiger charge is 2.28. The van der Waals surface area contributed by atoms with Crippen molar-refractivity contribution in [3.05, 3.63) is 88.2 Å². The van der Waals surface area contributed by atoms with E-state index in [4.69, 9.17) is 4.74 Å². The standard InChI is InChI=1S/C23H17BrN2O2/c24-17-12-16(13-25-14-17)6-5-11-26-23(27)28-15-22-20-9-3-1-7-18(20)19-8-2-4-10-21(19)22/h1-4,7-10,12-14,22H,11,15H2,(H,26,27). The molecule has 0 spiro atoms. The van der Waals surface area contributed by atoms with Gasteiger partial charge in [0.05, 0.1) is 6.54 Å². The molecule has 4 rings (SSSR count). The van der Waals surface area contributed by atoms with Crippen LogP contribution in [0.25, 0.3) is 11.1 Å². The lowest BCUT2D eigenvalue weighted by molar-refractivity contribution is 0.144. The number of rotatable bonds is 3. The molecule has 0 aliphatic heterocycles. The maximum Gasteiger partial charge on any atom is 0.407 e. The van der Waals surface area contributed by atoms with Crippen LogP contribution in [-0.4, -0.2) is 24.2 Å². The van der Waals surface area contributed by atoms with Crippen LogP contribution in [0.5, 0.6) is 0 Å². The van der Waals surface area contributed by atoms with Gasteiger partial charge in [0.1, 0.15) is 6.61 Å². The van der Waals surface area contributed by atoms with Gasteiger partial charge in [-0.25, -0.2) is 4.79 Å². The number of benzene rings is 2. The van der Waals surface area contributed by atoms with Crippen molar-refractivity contribution in [2.45, 2.75) is 5.92 Å². The molecule has 0 saturated carbocycles. The van der Waals surface area contributed by atoms with E-state index in [9.17, 15) is 4.79 Å². The van der Waals surface area contributed by atoms with Crippen LogP contribution < -0.4 is 5.32 Å². The highest BCUT2D eigenvalue weighted by atomic mass is 79.9. The summed E-state index contributed by atoms with van der Waals surface area (Å²) < 4.78 is 6.34. The molecule has 4 nitrogen and oxygen atoms in total. The Bertz CT molecular complexity index is 1040. The zero-order valence-corrected chi connectivity index (χ0v) is 16.6. The predicted molar refractivity (Wildman–Crippen MR) is 112 cm³/mol. The van der Waals surface area contributed by atoms with Gasteiger partial charge in [-0.05, 0) is 44.3 Å². The van der Waals surface area contributed by atoms with Crippen LogP contribution in [-0.2, 0) is 4.74 Å². The van der Waals surface area contributed by atoms with Crippen LogP contribution in [0.3, 0.4) is 0 Å².